The Hall–Kier alpha value is -0.264. The second kappa shape index (κ2) is 9.61. The van der Waals surface area contributed by atoms with Crippen molar-refractivity contribution in [3.63, 3.8) is 0 Å². The molecule has 0 heterocycles. The van der Waals surface area contributed by atoms with Gasteiger partial charge >= 0.3 is 16.5 Å². The van der Waals surface area contributed by atoms with Crippen LogP contribution in [0.1, 0.15) is 0 Å². The van der Waals surface area contributed by atoms with E-state index in [1.165, 1.54) is 0 Å². The third-order valence-corrected chi connectivity index (χ3v) is 2.55. The van der Waals surface area contributed by atoms with Crippen LogP contribution in [0, 0.1) is 0 Å². The van der Waals surface area contributed by atoms with Gasteiger partial charge in [-0.05, 0) is 0 Å². The van der Waals surface area contributed by atoms with Gasteiger partial charge in [0.1, 0.15) is 0 Å². The molecule has 0 rings (SSSR count). The molecule has 0 amide bonds. The molecule has 0 fully saturated rings. The maximum Gasteiger partial charge on any atom is 0.485 e. The zero-order valence-corrected chi connectivity index (χ0v) is 15.1. The molecule has 0 aromatic heterocycles. The van der Waals surface area contributed by atoms with Gasteiger partial charge < -0.3 is 13.7 Å². The molecule has 25 heavy (non-hydrogen) atoms. The molecule has 0 atom stereocenters. The summed E-state index contributed by atoms with van der Waals surface area (Å²) >= 11 is 0. The molecule has 0 aliphatic carbocycles. The van der Waals surface area contributed by atoms with Gasteiger partial charge in [-0.15, -0.1) is 0 Å². The first-order chi connectivity index (χ1) is 9.75. The van der Waals surface area contributed by atoms with Gasteiger partial charge in [0.15, 0.2) is 30.4 Å². The summed E-state index contributed by atoms with van der Waals surface area (Å²) in [5, 5.41) is 0. The predicted molar refractivity (Wildman–Crippen MR) is 47.3 cm³/mol. The van der Waals surface area contributed by atoms with Crippen LogP contribution in [-0.4, -0.2) is 55.4 Å². The normalized spacial score (nSPS) is 13.4. The quantitative estimate of drug-likeness (QED) is 0.204. The molecule has 0 saturated heterocycles. The van der Waals surface area contributed by atoms with Crippen LogP contribution >= 0.6 is 0 Å². The molecular formula is C3F9O9OsS3-3. The first kappa shape index (κ1) is 32.4. The fourth-order valence-corrected chi connectivity index (χ4v) is 0. The topological polar surface area (TPSA) is 172 Å². The maximum absolute atomic E-state index is 10.7. The Morgan fingerprint density at radius 2 is 0.480 bits per heavy atom. The minimum Gasteiger partial charge on any atom is -0.741 e. The van der Waals surface area contributed by atoms with Crippen molar-refractivity contribution in [2.24, 2.45) is 0 Å². The first-order valence-corrected chi connectivity index (χ1v) is 8.04. The van der Waals surface area contributed by atoms with E-state index in [4.69, 9.17) is 38.9 Å². The van der Waals surface area contributed by atoms with Crippen molar-refractivity contribution in [1.82, 2.24) is 0 Å². The SMILES string of the molecule is O=S(=O)([O-])C(F)(F)F.O=S(=O)([O-])C(F)(F)F.O=S(=O)([O-])C(F)(F)F.[Os]. The molecule has 0 saturated carbocycles. The monoisotopic (exact) mass is 639 g/mol. The summed E-state index contributed by atoms with van der Waals surface area (Å²) in [5.41, 5.74) is -16.9. The van der Waals surface area contributed by atoms with Crippen LogP contribution in [0.5, 0.6) is 0 Å². The van der Waals surface area contributed by atoms with E-state index >= 15 is 0 Å². The second-order valence-electron chi connectivity index (χ2n) is 2.70. The number of hydrogen-bond donors (Lipinski definition) is 0. The van der Waals surface area contributed by atoms with Crippen molar-refractivity contribution in [3.8, 4) is 0 Å². The van der Waals surface area contributed by atoms with Crippen LogP contribution in [0.3, 0.4) is 0 Å². The molecule has 0 unspecified atom stereocenters. The Balaban J connectivity index is -0.000000130. The second-order valence-corrected chi connectivity index (χ2v) is 6.81. The zero-order valence-electron chi connectivity index (χ0n) is 10.2. The van der Waals surface area contributed by atoms with Gasteiger partial charge in [-0.2, -0.15) is 39.5 Å². The van der Waals surface area contributed by atoms with Crippen molar-refractivity contribution in [2.75, 3.05) is 0 Å². The molecule has 0 aliphatic rings. The van der Waals surface area contributed by atoms with Crippen LogP contribution in [-0.2, 0) is 50.1 Å². The van der Waals surface area contributed by atoms with E-state index in [1.54, 1.807) is 0 Å². The summed E-state index contributed by atoms with van der Waals surface area (Å²) in [7, 11) is -18.3. The van der Waals surface area contributed by atoms with Crippen molar-refractivity contribution < 1.29 is 98.2 Å². The van der Waals surface area contributed by atoms with Crippen LogP contribution in [0.15, 0.2) is 0 Å². The van der Waals surface area contributed by atoms with Crippen LogP contribution < -0.4 is 0 Å². The largest absolute Gasteiger partial charge is 0.741 e. The smallest absolute Gasteiger partial charge is 0.485 e. The third-order valence-electron chi connectivity index (χ3n) is 0.850. The summed E-state index contributed by atoms with van der Waals surface area (Å²) in [5.74, 6) is 0. The molecule has 9 nitrogen and oxygen atoms in total. The van der Waals surface area contributed by atoms with Crippen molar-refractivity contribution in [3.05, 3.63) is 0 Å². The number of halogens is 9. The average Bonchev–Trinajstić information content (AvgIpc) is 2.08. The van der Waals surface area contributed by atoms with Gasteiger partial charge in [0.2, 0.25) is 0 Å². The minimum atomic E-state index is -6.09. The molecule has 22 heteroatoms. The van der Waals surface area contributed by atoms with Gasteiger partial charge in [0.25, 0.3) is 0 Å². The minimum absolute atomic E-state index is 0. The molecule has 0 aromatic rings. The number of rotatable bonds is 0. The van der Waals surface area contributed by atoms with E-state index in [1.807, 2.05) is 0 Å². The molecule has 158 valence electrons. The molecule has 0 bridgehead atoms. The molecular weight excluding hydrogens is 637 g/mol. The van der Waals surface area contributed by atoms with Crippen molar-refractivity contribution in [2.45, 2.75) is 16.5 Å². The molecule has 0 radical (unpaired) electrons. The Morgan fingerprint density at radius 1 is 0.440 bits per heavy atom. The Kier molecular flexibility index (Phi) is 12.5. The zero-order chi connectivity index (χ0) is 21.0. The van der Waals surface area contributed by atoms with Gasteiger partial charge in [-0.25, -0.2) is 25.3 Å². The third kappa shape index (κ3) is 15.7. The first-order valence-electron chi connectivity index (χ1n) is 3.81. The van der Waals surface area contributed by atoms with Crippen LogP contribution in [0.4, 0.5) is 39.5 Å². The summed E-state index contributed by atoms with van der Waals surface area (Å²) in [6, 6.07) is 0. The summed E-state index contributed by atoms with van der Waals surface area (Å²) in [4.78, 5) is 0. The molecule has 0 spiro atoms. The molecule has 0 aromatic carbocycles. The van der Waals surface area contributed by atoms with Gasteiger partial charge in [0.05, 0.1) is 0 Å². The van der Waals surface area contributed by atoms with E-state index in [-0.39, 0.29) is 19.8 Å². The van der Waals surface area contributed by atoms with E-state index in [2.05, 4.69) is 0 Å². The fraction of sp³-hybridized carbons (Fsp3) is 1.00. The average molecular weight is 637 g/mol. The Morgan fingerprint density at radius 3 is 0.480 bits per heavy atom. The summed E-state index contributed by atoms with van der Waals surface area (Å²) in [6.45, 7) is 0. The Labute approximate surface area is 145 Å². The van der Waals surface area contributed by atoms with Crippen molar-refractivity contribution >= 4 is 30.4 Å². The fourth-order valence-electron chi connectivity index (χ4n) is 0. The van der Waals surface area contributed by atoms with Gasteiger partial charge in [-0.1, -0.05) is 0 Å². The molecule has 0 N–H and O–H groups in total. The number of alkyl halides is 9. The van der Waals surface area contributed by atoms with E-state index in [9.17, 15) is 39.5 Å². The van der Waals surface area contributed by atoms with E-state index in [0.717, 1.165) is 0 Å². The number of hydrogen-bond acceptors (Lipinski definition) is 9. The standard InChI is InChI=1S/3CHF3O3S.Os/c3*2-1(3,4)8(5,6)7;/h3*(H,5,6,7);/p-3. The van der Waals surface area contributed by atoms with Crippen molar-refractivity contribution in [1.29, 1.82) is 0 Å². The van der Waals surface area contributed by atoms with Crippen LogP contribution in [0.2, 0.25) is 0 Å². The van der Waals surface area contributed by atoms with E-state index < -0.39 is 46.9 Å². The van der Waals surface area contributed by atoms with Gasteiger partial charge in [0, 0.05) is 19.8 Å². The van der Waals surface area contributed by atoms with Crippen LogP contribution in [0.25, 0.3) is 0 Å². The summed E-state index contributed by atoms with van der Waals surface area (Å²) in [6.07, 6.45) is 0. The molecule has 0 aliphatic heterocycles. The van der Waals surface area contributed by atoms with Gasteiger partial charge in [-0.3, -0.25) is 0 Å². The predicted octanol–water partition coefficient (Wildman–Crippen LogP) is 0.152. The maximum atomic E-state index is 10.7. The Bertz CT molecular complexity index is 596. The van der Waals surface area contributed by atoms with E-state index in [0.29, 0.717) is 0 Å². The summed E-state index contributed by atoms with van der Waals surface area (Å²) < 4.78 is 177.